The van der Waals surface area contributed by atoms with Crippen LogP contribution in [-0.2, 0) is 6.42 Å². The van der Waals surface area contributed by atoms with E-state index in [1.807, 2.05) is 81.6 Å². The third-order valence-corrected chi connectivity index (χ3v) is 5.65. The number of amides is 1. The van der Waals surface area contributed by atoms with Crippen molar-refractivity contribution in [1.29, 1.82) is 0 Å². The minimum absolute atomic E-state index is 0.0920. The van der Waals surface area contributed by atoms with E-state index < -0.39 is 6.04 Å². The molecule has 0 radical (unpaired) electrons. The largest absolute Gasteiger partial charge is 0.490 e. The number of aromatic nitrogens is 1. The number of carbonyl (C=O) groups excluding carboxylic acids is 1. The van der Waals surface area contributed by atoms with Crippen molar-refractivity contribution in [3.05, 3.63) is 101 Å². The topological polar surface area (TPSA) is 74.3 Å². The number of hydrogen-bond acceptors (Lipinski definition) is 3. The molecule has 5 nitrogen and oxygen atoms in total. The minimum Gasteiger partial charge on any atom is -0.490 e. The number of aliphatic hydroxyl groups excluding tert-OH is 1. The van der Waals surface area contributed by atoms with Gasteiger partial charge in [-0.1, -0.05) is 42.2 Å². The number of para-hydroxylation sites is 1. The Balaban J connectivity index is 1.58. The van der Waals surface area contributed by atoms with Gasteiger partial charge in [-0.3, -0.25) is 4.79 Å². The number of nitrogens with one attached hydrogen (secondary N) is 2. The first-order valence-electron chi connectivity index (χ1n) is 11.8. The van der Waals surface area contributed by atoms with Gasteiger partial charge in [0.05, 0.1) is 24.3 Å². The van der Waals surface area contributed by atoms with Crippen LogP contribution in [0.3, 0.4) is 0 Å². The summed E-state index contributed by atoms with van der Waals surface area (Å²) < 4.78 is 5.90. The van der Waals surface area contributed by atoms with E-state index in [0.717, 1.165) is 27.6 Å². The number of rotatable bonds is 7. The van der Waals surface area contributed by atoms with Gasteiger partial charge in [-0.25, -0.2) is 0 Å². The van der Waals surface area contributed by atoms with Crippen LogP contribution < -0.4 is 10.1 Å². The van der Waals surface area contributed by atoms with E-state index in [1.165, 1.54) is 0 Å². The van der Waals surface area contributed by atoms with E-state index in [4.69, 9.17) is 4.74 Å². The highest BCUT2D eigenvalue weighted by molar-refractivity contribution is 5.97. The fraction of sp³-hybridized carbons (Fsp3) is 0.233. The van der Waals surface area contributed by atoms with Crippen LogP contribution in [-0.4, -0.2) is 34.8 Å². The normalized spacial score (nSPS) is 11.7. The molecule has 1 atom stereocenters. The fourth-order valence-electron chi connectivity index (χ4n) is 4.00. The summed E-state index contributed by atoms with van der Waals surface area (Å²) in [7, 11) is 0. The molecule has 1 heterocycles. The molecule has 0 bridgehead atoms. The molecule has 4 aromatic rings. The zero-order chi connectivity index (χ0) is 24.8. The Morgan fingerprint density at radius 2 is 1.80 bits per heavy atom. The molecule has 5 heteroatoms. The van der Waals surface area contributed by atoms with Crippen molar-refractivity contribution in [3.8, 4) is 17.6 Å². The van der Waals surface area contributed by atoms with Gasteiger partial charge in [0, 0.05) is 28.2 Å². The van der Waals surface area contributed by atoms with E-state index >= 15 is 0 Å². The van der Waals surface area contributed by atoms with Crippen molar-refractivity contribution >= 4 is 16.8 Å². The molecule has 0 unspecified atom stereocenters. The Morgan fingerprint density at radius 3 is 2.54 bits per heavy atom. The van der Waals surface area contributed by atoms with Gasteiger partial charge < -0.3 is 20.1 Å². The van der Waals surface area contributed by atoms with Crippen LogP contribution in [0.25, 0.3) is 10.9 Å². The fourth-order valence-corrected chi connectivity index (χ4v) is 4.00. The molecule has 0 spiro atoms. The van der Waals surface area contributed by atoms with Crippen molar-refractivity contribution < 1.29 is 14.6 Å². The van der Waals surface area contributed by atoms with Crippen LogP contribution in [0.2, 0.25) is 0 Å². The zero-order valence-corrected chi connectivity index (χ0v) is 20.3. The molecule has 3 N–H and O–H groups in total. The number of aryl methyl sites for hydroxylation is 1. The van der Waals surface area contributed by atoms with E-state index in [9.17, 15) is 9.90 Å². The van der Waals surface area contributed by atoms with Gasteiger partial charge in [-0.15, -0.1) is 0 Å². The van der Waals surface area contributed by atoms with Gasteiger partial charge in [-0.2, -0.15) is 0 Å². The first-order chi connectivity index (χ1) is 16.9. The standard InChI is InChI=1S/C30H30N2O3/c1-20(2)35-29-14-13-23(12-11-22-8-6-7-21(3)15-22)16-27(29)30(34)32-25(19-33)17-24-18-31-28-10-5-4-9-26(24)28/h4-10,13-16,18,20,25,31,33H,17,19H2,1-3H3,(H,32,34)/t25-/m1/s1. The smallest absolute Gasteiger partial charge is 0.255 e. The Labute approximate surface area is 206 Å². The summed E-state index contributed by atoms with van der Waals surface area (Å²) >= 11 is 0. The van der Waals surface area contributed by atoms with E-state index in [2.05, 4.69) is 22.1 Å². The molecule has 35 heavy (non-hydrogen) atoms. The maximum Gasteiger partial charge on any atom is 0.255 e. The van der Waals surface area contributed by atoms with Gasteiger partial charge in [0.25, 0.3) is 5.91 Å². The number of fused-ring (bicyclic) bond motifs is 1. The first-order valence-corrected chi connectivity index (χ1v) is 11.8. The molecule has 0 aliphatic carbocycles. The number of carbonyl (C=O) groups is 1. The van der Waals surface area contributed by atoms with Crippen LogP contribution in [0.1, 0.15) is 46.5 Å². The average molecular weight is 467 g/mol. The predicted molar refractivity (Wildman–Crippen MR) is 140 cm³/mol. The lowest BCUT2D eigenvalue weighted by Crippen LogP contribution is -2.39. The lowest BCUT2D eigenvalue weighted by Gasteiger charge is -2.19. The van der Waals surface area contributed by atoms with Gasteiger partial charge >= 0.3 is 0 Å². The van der Waals surface area contributed by atoms with Crippen LogP contribution in [0.15, 0.2) is 72.9 Å². The number of benzene rings is 3. The molecule has 4 rings (SSSR count). The summed E-state index contributed by atoms with van der Waals surface area (Å²) in [4.78, 5) is 16.6. The molecule has 0 fully saturated rings. The van der Waals surface area contributed by atoms with Gasteiger partial charge in [0.2, 0.25) is 0 Å². The summed E-state index contributed by atoms with van der Waals surface area (Å²) in [6.07, 6.45) is 2.33. The zero-order valence-electron chi connectivity index (χ0n) is 20.3. The Kier molecular flexibility index (Phi) is 7.54. The molecular weight excluding hydrogens is 436 g/mol. The second-order valence-electron chi connectivity index (χ2n) is 8.91. The summed E-state index contributed by atoms with van der Waals surface area (Å²) in [5, 5.41) is 14.1. The Morgan fingerprint density at radius 1 is 1.03 bits per heavy atom. The van der Waals surface area contributed by atoms with E-state index in [1.54, 1.807) is 12.1 Å². The van der Waals surface area contributed by atoms with E-state index in [-0.39, 0.29) is 18.6 Å². The molecule has 0 saturated carbocycles. The second kappa shape index (κ2) is 10.9. The van der Waals surface area contributed by atoms with E-state index in [0.29, 0.717) is 23.3 Å². The van der Waals surface area contributed by atoms with Crippen molar-refractivity contribution in [3.63, 3.8) is 0 Å². The van der Waals surface area contributed by atoms with Crippen molar-refractivity contribution in [2.45, 2.75) is 39.3 Å². The molecule has 0 aliphatic heterocycles. The Hall–Kier alpha value is -4.01. The summed E-state index contributed by atoms with van der Waals surface area (Å²) in [5.41, 5.74) is 5.23. The Bertz CT molecular complexity index is 1390. The highest BCUT2D eigenvalue weighted by Crippen LogP contribution is 2.23. The van der Waals surface area contributed by atoms with Crippen LogP contribution in [0, 0.1) is 18.8 Å². The van der Waals surface area contributed by atoms with Crippen LogP contribution in [0.4, 0.5) is 0 Å². The highest BCUT2D eigenvalue weighted by atomic mass is 16.5. The molecule has 0 saturated heterocycles. The van der Waals surface area contributed by atoms with Crippen LogP contribution in [0.5, 0.6) is 5.75 Å². The van der Waals surface area contributed by atoms with Gasteiger partial charge in [-0.05, 0) is 74.7 Å². The number of hydrogen-bond donors (Lipinski definition) is 3. The molecule has 1 amide bonds. The van der Waals surface area contributed by atoms with Crippen molar-refractivity contribution in [2.75, 3.05) is 6.61 Å². The number of aromatic amines is 1. The number of H-pyrrole nitrogens is 1. The number of ether oxygens (including phenoxy) is 1. The SMILES string of the molecule is Cc1cccc(C#Cc2ccc(OC(C)C)c(C(=O)N[C@@H](CO)Cc3c[nH]c4ccccc34)c2)c1. The third-order valence-electron chi connectivity index (χ3n) is 5.65. The quantitative estimate of drug-likeness (QED) is 0.336. The molecule has 3 aromatic carbocycles. The number of aliphatic hydroxyl groups is 1. The maximum atomic E-state index is 13.3. The average Bonchev–Trinajstić information content (AvgIpc) is 3.25. The lowest BCUT2D eigenvalue weighted by atomic mass is 10.0. The molecule has 1 aromatic heterocycles. The molecule has 0 aliphatic rings. The summed E-state index contributed by atoms with van der Waals surface area (Å²) in [6, 6.07) is 20.9. The van der Waals surface area contributed by atoms with Gasteiger partial charge in [0.15, 0.2) is 0 Å². The molecular formula is C30H30N2O3. The lowest BCUT2D eigenvalue weighted by molar-refractivity contribution is 0.0910. The molecule has 178 valence electrons. The van der Waals surface area contributed by atoms with Crippen molar-refractivity contribution in [2.24, 2.45) is 0 Å². The van der Waals surface area contributed by atoms with Crippen molar-refractivity contribution in [1.82, 2.24) is 10.3 Å². The van der Waals surface area contributed by atoms with Gasteiger partial charge in [0.1, 0.15) is 5.75 Å². The summed E-state index contributed by atoms with van der Waals surface area (Å²) in [6.45, 7) is 5.68. The first kappa shape index (κ1) is 24.1. The van der Waals surface area contributed by atoms with Crippen LogP contribution >= 0.6 is 0 Å². The maximum absolute atomic E-state index is 13.3. The predicted octanol–water partition coefficient (Wildman–Crippen LogP) is 5.00. The summed E-state index contributed by atoms with van der Waals surface area (Å²) in [5.74, 6) is 6.49. The minimum atomic E-state index is -0.448. The second-order valence-corrected chi connectivity index (χ2v) is 8.91. The third kappa shape index (κ3) is 6.11. The monoisotopic (exact) mass is 466 g/mol. The highest BCUT2D eigenvalue weighted by Gasteiger charge is 2.19.